The maximum absolute atomic E-state index is 12.1. The van der Waals surface area contributed by atoms with Crippen molar-refractivity contribution in [2.75, 3.05) is 20.3 Å². The number of carbonyl (C=O) groups excluding carboxylic acids is 1. The van der Waals surface area contributed by atoms with Crippen molar-refractivity contribution in [2.45, 2.75) is 30.7 Å². The van der Waals surface area contributed by atoms with Gasteiger partial charge in [0, 0.05) is 5.56 Å². The Morgan fingerprint density at radius 2 is 1.92 bits per heavy atom. The average Bonchev–Trinajstić information content (AvgIpc) is 2.59. The molecule has 24 heavy (non-hydrogen) atoms. The summed E-state index contributed by atoms with van der Waals surface area (Å²) in [5.41, 5.74) is 0.203. The molecule has 134 valence electrons. The van der Waals surface area contributed by atoms with Gasteiger partial charge in [-0.05, 0) is 18.2 Å². The van der Waals surface area contributed by atoms with Gasteiger partial charge in [0.15, 0.2) is 23.6 Å². The van der Waals surface area contributed by atoms with Crippen LogP contribution < -0.4 is 4.74 Å². The molecule has 0 aromatic heterocycles. The van der Waals surface area contributed by atoms with E-state index in [0.717, 1.165) is 0 Å². The van der Waals surface area contributed by atoms with Crippen LogP contribution in [-0.2, 0) is 9.47 Å². The zero-order valence-electron chi connectivity index (χ0n) is 12.9. The van der Waals surface area contributed by atoms with Crippen LogP contribution in [-0.4, -0.2) is 82.3 Å². The summed E-state index contributed by atoms with van der Waals surface area (Å²) in [5, 5.41) is 47.7. The van der Waals surface area contributed by atoms with E-state index in [0.29, 0.717) is 0 Å². The minimum atomic E-state index is -1.58. The van der Waals surface area contributed by atoms with Gasteiger partial charge in [0.25, 0.3) is 0 Å². The minimum absolute atomic E-state index is 0.119. The van der Waals surface area contributed by atoms with Crippen molar-refractivity contribution in [1.29, 1.82) is 0 Å². The monoisotopic (exact) mass is 344 g/mol. The largest absolute Gasteiger partial charge is 0.504 e. The molecular weight excluding hydrogens is 324 g/mol. The average molecular weight is 344 g/mol. The molecule has 2 rings (SSSR count). The third kappa shape index (κ3) is 3.83. The van der Waals surface area contributed by atoms with Gasteiger partial charge >= 0.3 is 0 Å². The molecule has 9 nitrogen and oxygen atoms in total. The predicted octanol–water partition coefficient (Wildman–Crippen LogP) is -1.60. The van der Waals surface area contributed by atoms with Crippen LogP contribution in [0.5, 0.6) is 11.5 Å². The lowest BCUT2D eigenvalue weighted by Crippen LogP contribution is -2.59. The van der Waals surface area contributed by atoms with Gasteiger partial charge < -0.3 is 39.7 Å². The number of aliphatic hydroxyl groups is 4. The third-order valence-corrected chi connectivity index (χ3v) is 3.73. The molecule has 1 saturated heterocycles. The highest BCUT2D eigenvalue weighted by Gasteiger charge is 2.44. The number of Topliss-reactive ketones (excluding diaryl/α,β-unsaturated/α-hetero) is 1. The van der Waals surface area contributed by atoms with Crippen molar-refractivity contribution < 1.29 is 44.5 Å². The molecule has 1 aromatic rings. The summed E-state index contributed by atoms with van der Waals surface area (Å²) in [5.74, 6) is -0.483. The Balaban J connectivity index is 2.00. The number of phenolic OH excluding ortho intramolecular Hbond substituents is 1. The van der Waals surface area contributed by atoms with E-state index in [9.17, 15) is 25.2 Å². The first-order valence-electron chi connectivity index (χ1n) is 7.21. The molecule has 0 unspecified atom stereocenters. The van der Waals surface area contributed by atoms with Crippen LogP contribution in [0.25, 0.3) is 0 Å². The lowest BCUT2D eigenvalue weighted by molar-refractivity contribution is -0.298. The zero-order chi connectivity index (χ0) is 17.9. The molecule has 1 aromatic carbocycles. The van der Waals surface area contributed by atoms with Crippen LogP contribution in [0.15, 0.2) is 18.2 Å². The number of ether oxygens (including phenoxy) is 3. The topological polar surface area (TPSA) is 146 Å². The molecule has 1 heterocycles. The summed E-state index contributed by atoms with van der Waals surface area (Å²) >= 11 is 0. The van der Waals surface area contributed by atoms with Crippen LogP contribution in [0.3, 0.4) is 0 Å². The van der Waals surface area contributed by atoms with E-state index in [-0.39, 0.29) is 17.1 Å². The summed E-state index contributed by atoms with van der Waals surface area (Å²) in [6, 6.07) is 3.99. The maximum Gasteiger partial charge on any atom is 0.188 e. The molecule has 5 atom stereocenters. The smallest absolute Gasteiger partial charge is 0.188 e. The van der Waals surface area contributed by atoms with E-state index in [2.05, 4.69) is 0 Å². The number of rotatable bonds is 6. The molecule has 0 bridgehead atoms. The number of hydrogen-bond donors (Lipinski definition) is 5. The van der Waals surface area contributed by atoms with Gasteiger partial charge in [0.05, 0.1) is 13.7 Å². The second-order valence-corrected chi connectivity index (χ2v) is 5.32. The van der Waals surface area contributed by atoms with Gasteiger partial charge in [-0.2, -0.15) is 0 Å². The molecule has 1 fully saturated rings. The van der Waals surface area contributed by atoms with E-state index in [1.54, 1.807) is 0 Å². The van der Waals surface area contributed by atoms with Crippen LogP contribution in [0.2, 0.25) is 0 Å². The molecule has 5 N–H and O–H groups in total. The fourth-order valence-electron chi connectivity index (χ4n) is 2.30. The Kier molecular flexibility index (Phi) is 6.10. The van der Waals surface area contributed by atoms with Crippen molar-refractivity contribution >= 4 is 5.78 Å². The Morgan fingerprint density at radius 1 is 1.21 bits per heavy atom. The predicted molar refractivity (Wildman–Crippen MR) is 78.7 cm³/mol. The van der Waals surface area contributed by atoms with E-state index >= 15 is 0 Å². The van der Waals surface area contributed by atoms with E-state index < -0.39 is 49.7 Å². The Morgan fingerprint density at radius 3 is 2.54 bits per heavy atom. The standard InChI is InChI=1S/C15H20O9/c1-22-10-4-7(2-3-8(10)17)9(18)6-23-15-14(21)13(20)12(19)11(5-16)24-15/h2-4,11-17,19-21H,5-6H2,1H3/t11-,12-,13+,14-,15-/m1/s1. The van der Waals surface area contributed by atoms with Crippen LogP contribution in [0.4, 0.5) is 0 Å². The second-order valence-electron chi connectivity index (χ2n) is 5.32. The molecule has 0 spiro atoms. The fourth-order valence-corrected chi connectivity index (χ4v) is 2.30. The minimum Gasteiger partial charge on any atom is -0.504 e. The lowest BCUT2D eigenvalue weighted by atomic mass is 9.99. The number of ketones is 1. The first-order valence-corrected chi connectivity index (χ1v) is 7.21. The van der Waals surface area contributed by atoms with Gasteiger partial charge in [-0.25, -0.2) is 0 Å². The molecule has 0 radical (unpaired) electrons. The summed E-state index contributed by atoms with van der Waals surface area (Å²) in [7, 11) is 1.34. The van der Waals surface area contributed by atoms with Crippen molar-refractivity contribution in [3.8, 4) is 11.5 Å². The highest BCUT2D eigenvalue weighted by Crippen LogP contribution is 2.27. The molecule has 9 heteroatoms. The number of carbonyl (C=O) groups is 1. The maximum atomic E-state index is 12.1. The molecule has 0 amide bonds. The first kappa shape index (κ1) is 18.6. The number of phenols is 1. The Labute approximate surface area is 137 Å². The van der Waals surface area contributed by atoms with Crippen LogP contribution >= 0.6 is 0 Å². The first-order chi connectivity index (χ1) is 11.4. The number of benzene rings is 1. The molecule has 0 aliphatic carbocycles. The van der Waals surface area contributed by atoms with Gasteiger partial charge in [0.1, 0.15) is 31.0 Å². The van der Waals surface area contributed by atoms with Gasteiger partial charge in [-0.15, -0.1) is 0 Å². The molecular formula is C15H20O9. The summed E-state index contributed by atoms with van der Waals surface area (Å²) in [4.78, 5) is 12.1. The summed E-state index contributed by atoms with van der Waals surface area (Å²) in [6.07, 6.45) is -7.16. The van der Waals surface area contributed by atoms with Crippen molar-refractivity contribution in [3.05, 3.63) is 23.8 Å². The second kappa shape index (κ2) is 7.88. The number of hydrogen-bond acceptors (Lipinski definition) is 9. The van der Waals surface area contributed by atoms with Crippen molar-refractivity contribution in [2.24, 2.45) is 0 Å². The van der Waals surface area contributed by atoms with Crippen LogP contribution in [0.1, 0.15) is 10.4 Å². The van der Waals surface area contributed by atoms with E-state index in [4.69, 9.17) is 19.3 Å². The molecule has 1 aliphatic heterocycles. The van der Waals surface area contributed by atoms with Crippen molar-refractivity contribution in [3.63, 3.8) is 0 Å². The normalized spacial score (nSPS) is 30.1. The number of aromatic hydroxyl groups is 1. The molecule has 0 saturated carbocycles. The van der Waals surface area contributed by atoms with E-state index in [1.165, 1.54) is 25.3 Å². The van der Waals surface area contributed by atoms with Crippen LogP contribution in [0, 0.1) is 0 Å². The van der Waals surface area contributed by atoms with Crippen molar-refractivity contribution in [1.82, 2.24) is 0 Å². The third-order valence-electron chi connectivity index (χ3n) is 3.73. The number of aliphatic hydroxyl groups excluding tert-OH is 4. The molecule has 1 aliphatic rings. The fraction of sp³-hybridized carbons (Fsp3) is 0.533. The quantitative estimate of drug-likeness (QED) is 0.385. The lowest BCUT2D eigenvalue weighted by Gasteiger charge is -2.39. The van der Waals surface area contributed by atoms with E-state index in [1.807, 2.05) is 0 Å². The van der Waals surface area contributed by atoms with Gasteiger partial charge in [0.2, 0.25) is 0 Å². The summed E-state index contributed by atoms with van der Waals surface area (Å²) < 4.78 is 15.2. The summed E-state index contributed by atoms with van der Waals surface area (Å²) in [6.45, 7) is -1.08. The Hall–Kier alpha value is -1.75. The highest BCUT2D eigenvalue weighted by atomic mass is 16.7. The number of methoxy groups -OCH3 is 1. The highest BCUT2D eigenvalue weighted by molar-refractivity contribution is 5.97. The SMILES string of the molecule is COc1cc(C(=O)CO[C@@H]2O[C@H](CO)[C@@H](O)[C@H](O)[C@H]2O)ccc1O. The Bertz CT molecular complexity index is 574. The van der Waals surface area contributed by atoms with Gasteiger partial charge in [-0.1, -0.05) is 0 Å². The zero-order valence-corrected chi connectivity index (χ0v) is 12.9. The van der Waals surface area contributed by atoms with Gasteiger partial charge in [-0.3, -0.25) is 4.79 Å².